The largest absolute Gasteiger partial charge is 0.515 e. The first-order valence-corrected chi connectivity index (χ1v) is 6.77. The summed E-state index contributed by atoms with van der Waals surface area (Å²) in [5.74, 6) is 1.53. The van der Waals surface area contributed by atoms with E-state index < -0.39 is 6.16 Å². The predicted molar refractivity (Wildman–Crippen MR) is 75.1 cm³/mol. The zero-order valence-electron chi connectivity index (χ0n) is 12.8. The molecule has 7 nitrogen and oxygen atoms in total. The number of hydrogen-bond acceptors (Lipinski definition) is 7. The van der Waals surface area contributed by atoms with Crippen molar-refractivity contribution in [3.63, 3.8) is 0 Å². The SMILES string of the molecule is COCOCc1ccc(OC(=O)OCOC[C-]2COC2)cc1.[W]. The number of hydrogen-bond donors (Lipinski definition) is 0. The van der Waals surface area contributed by atoms with Gasteiger partial charge in [-0.2, -0.15) is 0 Å². The minimum absolute atomic E-state index is 0. The normalized spacial score (nSPS) is 13.8. The van der Waals surface area contributed by atoms with Crippen LogP contribution < -0.4 is 4.74 Å². The molecule has 0 atom stereocenters. The molecule has 0 spiro atoms. The van der Waals surface area contributed by atoms with Crippen LogP contribution in [-0.2, 0) is 51.4 Å². The van der Waals surface area contributed by atoms with Gasteiger partial charge in [-0.25, -0.2) is 10.7 Å². The summed E-state index contributed by atoms with van der Waals surface area (Å²) in [4.78, 5) is 11.4. The topological polar surface area (TPSA) is 72.5 Å². The molecule has 23 heavy (non-hydrogen) atoms. The maximum absolute atomic E-state index is 11.4. The molecule has 1 heterocycles. The summed E-state index contributed by atoms with van der Waals surface area (Å²) in [6, 6.07) is 6.91. The summed E-state index contributed by atoms with van der Waals surface area (Å²) in [7, 11) is 1.56. The average Bonchev–Trinajstić information content (AvgIpc) is 2.47. The van der Waals surface area contributed by atoms with E-state index in [1.165, 1.54) is 0 Å². The Labute approximate surface area is 149 Å². The predicted octanol–water partition coefficient (Wildman–Crippen LogP) is 1.90. The minimum atomic E-state index is -0.807. The van der Waals surface area contributed by atoms with Gasteiger partial charge in [0, 0.05) is 28.2 Å². The zero-order valence-corrected chi connectivity index (χ0v) is 15.8. The summed E-state index contributed by atoms with van der Waals surface area (Å²) in [5, 5.41) is 0. The first-order chi connectivity index (χ1) is 10.8. The molecule has 0 aromatic heterocycles. The Kier molecular flexibility index (Phi) is 10.1. The summed E-state index contributed by atoms with van der Waals surface area (Å²) >= 11 is 0. The molecule has 1 aromatic carbocycles. The minimum Gasteiger partial charge on any atom is -0.444 e. The second-order valence-electron chi connectivity index (χ2n) is 4.60. The fourth-order valence-electron chi connectivity index (χ4n) is 1.63. The van der Waals surface area contributed by atoms with Gasteiger partial charge >= 0.3 is 6.16 Å². The maximum atomic E-state index is 11.4. The molecule has 1 aromatic rings. The zero-order chi connectivity index (χ0) is 15.6. The first-order valence-electron chi connectivity index (χ1n) is 6.77. The molecule has 0 N–H and O–H groups in total. The van der Waals surface area contributed by atoms with Crippen molar-refractivity contribution in [2.75, 3.05) is 40.5 Å². The van der Waals surface area contributed by atoms with Gasteiger partial charge in [0.05, 0.1) is 6.61 Å². The van der Waals surface area contributed by atoms with Gasteiger partial charge in [0.25, 0.3) is 0 Å². The summed E-state index contributed by atoms with van der Waals surface area (Å²) in [5.41, 5.74) is 0.945. The van der Waals surface area contributed by atoms with Gasteiger partial charge in [0.1, 0.15) is 12.5 Å². The van der Waals surface area contributed by atoms with E-state index in [0.29, 0.717) is 32.2 Å². The van der Waals surface area contributed by atoms with E-state index in [2.05, 4.69) is 0 Å². The van der Waals surface area contributed by atoms with Crippen LogP contribution >= 0.6 is 0 Å². The summed E-state index contributed by atoms with van der Waals surface area (Å²) in [6.07, 6.45) is -0.807. The van der Waals surface area contributed by atoms with Crippen molar-refractivity contribution >= 4 is 6.16 Å². The Bertz CT molecular complexity index is 448. The van der Waals surface area contributed by atoms with Crippen LogP contribution in [0.1, 0.15) is 5.56 Å². The van der Waals surface area contributed by atoms with E-state index in [9.17, 15) is 4.79 Å². The Morgan fingerprint density at radius 2 is 1.91 bits per heavy atom. The van der Waals surface area contributed by atoms with E-state index in [4.69, 9.17) is 28.4 Å². The van der Waals surface area contributed by atoms with Gasteiger partial charge in [0.15, 0.2) is 6.79 Å². The van der Waals surface area contributed by atoms with Crippen molar-refractivity contribution in [2.24, 2.45) is 0 Å². The van der Waals surface area contributed by atoms with E-state index in [0.717, 1.165) is 11.5 Å². The van der Waals surface area contributed by atoms with Crippen LogP contribution in [-0.4, -0.2) is 46.7 Å². The molecule has 8 heteroatoms. The Balaban J connectivity index is 0.00000264. The molecule has 0 aliphatic carbocycles. The van der Waals surface area contributed by atoms with Crippen molar-refractivity contribution in [2.45, 2.75) is 6.61 Å². The van der Waals surface area contributed by atoms with Crippen LogP contribution in [0.15, 0.2) is 24.3 Å². The molecule has 0 radical (unpaired) electrons. The second kappa shape index (κ2) is 11.5. The van der Waals surface area contributed by atoms with Gasteiger partial charge in [0.2, 0.25) is 0 Å². The molecule has 128 valence electrons. The molecule has 1 saturated heterocycles. The van der Waals surface area contributed by atoms with Crippen molar-refractivity contribution in [1.29, 1.82) is 0 Å². The smallest absolute Gasteiger partial charge is 0.444 e. The third-order valence-electron chi connectivity index (χ3n) is 2.77. The van der Waals surface area contributed by atoms with Crippen LogP contribution in [0, 0.1) is 5.92 Å². The fourth-order valence-corrected chi connectivity index (χ4v) is 1.63. The van der Waals surface area contributed by atoms with E-state index >= 15 is 0 Å². The molecule has 0 amide bonds. The summed E-state index contributed by atoms with van der Waals surface area (Å²) < 4.78 is 29.9. The van der Waals surface area contributed by atoms with Crippen LogP contribution in [0.4, 0.5) is 4.79 Å². The number of carbonyl (C=O) groups excluding carboxylic acids is 1. The number of rotatable bonds is 9. The quantitative estimate of drug-likeness (QED) is 0.171. The second-order valence-corrected chi connectivity index (χ2v) is 4.60. The molecule has 1 aliphatic heterocycles. The molecular weight excluding hydrogens is 476 g/mol. The first kappa shape index (κ1) is 20.1. The fraction of sp³-hybridized carbons (Fsp3) is 0.467. The summed E-state index contributed by atoms with van der Waals surface area (Å²) in [6.45, 7) is 2.18. The number of benzene rings is 1. The third kappa shape index (κ3) is 7.90. The Morgan fingerprint density at radius 3 is 2.52 bits per heavy atom. The van der Waals surface area contributed by atoms with Crippen molar-refractivity contribution < 1.29 is 54.3 Å². The molecule has 0 bridgehead atoms. The van der Waals surface area contributed by atoms with Gasteiger partial charge in [-0.3, -0.25) is 0 Å². The third-order valence-corrected chi connectivity index (χ3v) is 2.77. The van der Waals surface area contributed by atoms with Crippen LogP contribution in [0.3, 0.4) is 0 Å². The monoisotopic (exact) mass is 495 g/mol. The Morgan fingerprint density at radius 1 is 1.17 bits per heavy atom. The standard InChI is InChI=1S/C15H19O7.W/c1-17-10-19-6-12-2-4-14(5-3-12)22-15(16)21-11-20-9-13-7-18-8-13;/h2-5H,6-11H2,1H3;/q-1;. The van der Waals surface area contributed by atoms with Gasteiger partial charge in [-0.1, -0.05) is 32.0 Å². The molecule has 0 unspecified atom stereocenters. The van der Waals surface area contributed by atoms with Gasteiger partial charge < -0.3 is 28.4 Å². The van der Waals surface area contributed by atoms with Crippen molar-refractivity contribution in [3.05, 3.63) is 35.7 Å². The number of ether oxygens (including phenoxy) is 6. The molecular formula is C15H19O7W-. The number of carbonyl (C=O) groups is 1. The van der Waals surface area contributed by atoms with Crippen LogP contribution in [0.5, 0.6) is 5.75 Å². The molecule has 2 rings (SSSR count). The van der Waals surface area contributed by atoms with Crippen LogP contribution in [0.25, 0.3) is 0 Å². The van der Waals surface area contributed by atoms with E-state index in [1.807, 2.05) is 0 Å². The van der Waals surface area contributed by atoms with Crippen LogP contribution in [0.2, 0.25) is 0 Å². The van der Waals surface area contributed by atoms with Gasteiger partial charge in [-0.05, 0) is 17.7 Å². The average molecular weight is 495 g/mol. The van der Waals surface area contributed by atoms with Crippen molar-refractivity contribution in [3.8, 4) is 5.75 Å². The Hall–Kier alpha value is -0.982. The maximum Gasteiger partial charge on any atom is 0.515 e. The van der Waals surface area contributed by atoms with Gasteiger partial charge in [-0.15, -0.1) is 0 Å². The molecule has 1 aliphatic rings. The number of methoxy groups -OCH3 is 1. The van der Waals surface area contributed by atoms with Crippen molar-refractivity contribution in [1.82, 2.24) is 0 Å². The molecule has 1 fully saturated rings. The molecule has 0 saturated carbocycles. The van der Waals surface area contributed by atoms with E-state index in [-0.39, 0.29) is 34.7 Å². The van der Waals surface area contributed by atoms with E-state index in [1.54, 1.807) is 31.4 Å².